The zero-order valence-electron chi connectivity index (χ0n) is 14.1. The zero-order valence-corrected chi connectivity index (χ0v) is 15.7. The van der Waals surface area contributed by atoms with Crippen LogP contribution >= 0.6 is 23.4 Å². The normalized spacial score (nSPS) is 11.1. The Bertz CT molecular complexity index is 1080. The lowest BCUT2D eigenvalue weighted by molar-refractivity contribution is 0.426. The SMILES string of the molecule is Cc1c(CSc2nnnn2-c2cccc(Cl)c2)noc1-c1ccc(F)cc1. The van der Waals surface area contributed by atoms with E-state index in [9.17, 15) is 4.39 Å². The van der Waals surface area contributed by atoms with Gasteiger partial charge in [0, 0.05) is 21.9 Å². The highest BCUT2D eigenvalue weighted by atomic mass is 35.5. The average molecular weight is 402 g/mol. The Balaban J connectivity index is 1.54. The molecule has 9 heteroatoms. The van der Waals surface area contributed by atoms with E-state index < -0.39 is 0 Å². The van der Waals surface area contributed by atoms with E-state index in [2.05, 4.69) is 20.7 Å². The maximum Gasteiger partial charge on any atom is 0.214 e. The molecule has 136 valence electrons. The first kappa shape index (κ1) is 17.7. The Morgan fingerprint density at radius 2 is 2.00 bits per heavy atom. The maximum absolute atomic E-state index is 13.1. The Morgan fingerprint density at radius 3 is 2.78 bits per heavy atom. The van der Waals surface area contributed by atoms with Gasteiger partial charge < -0.3 is 4.52 Å². The van der Waals surface area contributed by atoms with Gasteiger partial charge in [0.05, 0.1) is 11.4 Å². The van der Waals surface area contributed by atoms with E-state index in [0.29, 0.717) is 21.7 Å². The van der Waals surface area contributed by atoms with Gasteiger partial charge in [-0.3, -0.25) is 0 Å². The molecule has 0 saturated heterocycles. The van der Waals surface area contributed by atoms with Crippen LogP contribution in [0.1, 0.15) is 11.3 Å². The first-order valence-corrected chi connectivity index (χ1v) is 9.36. The van der Waals surface area contributed by atoms with Crippen molar-refractivity contribution in [2.24, 2.45) is 0 Å². The second kappa shape index (κ2) is 7.50. The van der Waals surface area contributed by atoms with Crippen molar-refractivity contribution in [2.45, 2.75) is 17.8 Å². The lowest BCUT2D eigenvalue weighted by Gasteiger charge is -2.04. The van der Waals surface area contributed by atoms with Crippen LogP contribution in [-0.4, -0.2) is 25.4 Å². The van der Waals surface area contributed by atoms with Crippen molar-refractivity contribution in [3.63, 3.8) is 0 Å². The molecule has 0 spiro atoms. The molecule has 0 aliphatic heterocycles. The van der Waals surface area contributed by atoms with Crippen LogP contribution in [0, 0.1) is 12.7 Å². The second-order valence-corrected chi connectivity index (χ2v) is 7.11. The lowest BCUT2D eigenvalue weighted by Crippen LogP contribution is -1.99. The molecular weight excluding hydrogens is 389 g/mol. The smallest absolute Gasteiger partial charge is 0.214 e. The minimum absolute atomic E-state index is 0.292. The Kier molecular flexibility index (Phi) is 4.91. The van der Waals surface area contributed by atoms with Crippen molar-refractivity contribution in [3.8, 4) is 17.0 Å². The summed E-state index contributed by atoms with van der Waals surface area (Å²) in [5.74, 6) is 0.858. The van der Waals surface area contributed by atoms with Crippen LogP contribution in [0.3, 0.4) is 0 Å². The predicted molar refractivity (Wildman–Crippen MR) is 100 cm³/mol. The van der Waals surface area contributed by atoms with Crippen molar-refractivity contribution in [3.05, 3.63) is 70.6 Å². The molecule has 2 heterocycles. The molecule has 27 heavy (non-hydrogen) atoms. The molecule has 6 nitrogen and oxygen atoms in total. The molecule has 0 aliphatic carbocycles. The van der Waals surface area contributed by atoms with E-state index in [1.54, 1.807) is 28.9 Å². The van der Waals surface area contributed by atoms with Crippen molar-refractivity contribution < 1.29 is 8.91 Å². The largest absolute Gasteiger partial charge is 0.356 e. The number of hydrogen-bond donors (Lipinski definition) is 0. The van der Waals surface area contributed by atoms with Crippen LogP contribution in [0.2, 0.25) is 5.02 Å². The molecule has 0 N–H and O–H groups in total. The quantitative estimate of drug-likeness (QED) is 0.451. The topological polar surface area (TPSA) is 69.6 Å². The first-order chi connectivity index (χ1) is 13.1. The van der Waals surface area contributed by atoms with E-state index in [1.165, 1.54) is 23.9 Å². The third kappa shape index (κ3) is 3.72. The molecular formula is C18H13ClFN5OS. The van der Waals surface area contributed by atoms with Crippen LogP contribution in [0.25, 0.3) is 17.0 Å². The van der Waals surface area contributed by atoms with Crippen molar-refractivity contribution in [1.29, 1.82) is 0 Å². The summed E-state index contributed by atoms with van der Waals surface area (Å²) in [6, 6.07) is 13.4. The fourth-order valence-corrected chi connectivity index (χ4v) is 3.62. The number of aromatic nitrogens is 5. The molecule has 0 aliphatic rings. The first-order valence-electron chi connectivity index (χ1n) is 8.00. The summed E-state index contributed by atoms with van der Waals surface area (Å²) < 4.78 is 20.2. The minimum Gasteiger partial charge on any atom is -0.356 e. The van der Waals surface area contributed by atoms with Gasteiger partial charge in [-0.25, -0.2) is 4.39 Å². The molecule has 4 rings (SSSR count). The van der Waals surface area contributed by atoms with E-state index in [4.69, 9.17) is 16.1 Å². The summed E-state index contributed by atoms with van der Waals surface area (Å²) >= 11 is 7.48. The predicted octanol–water partition coefficient (Wildman–Crippen LogP) is 4.71. The van der Waals surface area contributed by atoms with Crippen LogP contribution in [0.4, 0.5) is 4.39 Å². The number of halogens is 2. The molecule has 0 amide bonds. The van der Waals surface area contributed by atoms with Crippen molar-refractivity contribution in [1.82, 2.24) is 25.4 Å². The van der Waals surface area contributed by atoms with E-state index in [0.717, 1.165) is 22.5 Å². The minimum atomic E-state index is -0.292. The fraction of sp³-hybridized carbons (Fsp3) is 0.111. The van der Waals surface area contributed by atoms with E-state index >= 15 is 0 Å². The Labute approximate surface area is 163 Å². The third-order valence-corrected chi connectivity index (χ3v) is 5.12. The van der Waals surface area contributed by atoms with Gasteiger partial charge in [0.25, 0.3) is 0 Å². The lowest BCUT2D eigenvalue weighted by atomic mass is 10.1. The van der Waals surface area contributed by atoms with Gasteiger partial charge in [-0.15, -0.1) is 5.10 Å². The number of thioether (sulfide) groups is 1. The summed E-state index contributed by atoms with van der Waals surface area (Å²) in [5.41, 5.74) is 3.23. The summed E-state index contributed by atoms with van der Waals surface area (Å²) in [7, 11) is 0. The molecule has 2 aromatic carbocycles. The van der Waals surface area contributed by atoms with Crippen LogP contribution < -0.4 is 0 Å². The molecule has 0 bridgehead atoms. The van der Waals surface area contributed by atoms with Crippen LogP contribution in [0.15, 0.2) is 58.2 Å². The Morgan fingerprint density at radius 1 is 1.19 bits per heavy atom. The molecule has 4 aromatic rings. The van der Waals surface area contributed by atoms with E-state index in [1.807, 2.05) is 19.1 Å². The Hall–Kier alpha value is -2.71. The summed E-state index contributed by atoms with van der Waals surface area (Å²) in [6.07, 6.45) is 0. The van der Waals surface area contributed by atoms with E-state index in [-0.39, 0.29) is 5.82 Å². The second-order valence-electron chi connectivity index (χ2n) is 5.73. The molecule has 2 aromatic heterocycles. The number of hydrogen-bond acceptors (Lipinski definition) is 6. The molecule has 0 radical (unpaired) electrons. The fourth-order valence-electron chi connectivity index (χ4n) is 2.55. The van der Waals surface area contributed by atoms with Gasteiger partial charge in [-0.1, -0.05) is 34.6 Å². The summed E-state index contributed by atoms with van der Waals surface area (Å²) in [6.45, 7) is 1.92. The number of rotatable bonds is 5. The van der Waals surface area contributed by atoms with Crippen molar-refractivity contribution >= 4 is 23.4 Å². The highest BCUT2D eigenvalue weighted by molar-refractivity contribution is 7.98. The standard InChI is InChI=1S/C18H13ClFN5OS/c1-11-16(22-26-17(11)12-5-7-14(20)8-6-12)10-27-18-21-23-24-25(18)15-4-2-3-13(19)9-15/h2-9H,10H2,1H3. The van der Waals surface area contributed by atoms with Gasteiger partial charge in [0.2, 0.25) is 5.16 Å². The summed E-state index contributed by atoms with van der Waals surface area (Å²) in [5, 5.41) is 17.2. The molecule has 0 atom stereocenters. The highest BCUT2D eigenvalue weighted by Gasteiger charge is 2.16. The highest BCUT2D eigenvalue weighted by Crippen LogP contribution is 2.30. The summed E-state index contributed by atoms with van der Waals surface area (Å²) in [4.78, 5) is 0. The monoisotopic (exact) mass is 401 g/mol. The number of tetrazole rings is 1. The number of nitrogens with zero attached hydrogens (tertiary/aromatic N) is 5. The van der Waals surface area contributed by atoms with Crippen LogP contribution in [0.5, 0.6) is 0 Å². The van der Waals surface area contributed by atoms with Gasteiger partial charge in [0.15, 0.2) is 5.76 Å². The van der Waals surface area contributed by atoms with Gasteiger partial charge >= 0.3 is 0 Å². The third-order valence-electron chi connectivity index (χ3n) is 3.96. The average Bonchev–Trinajstić information content (AvgIpc) is 3.27. The molecule has 0 fully saturated rings. The number of benzene rings is 2. The van der Waals surface area contributed by atoms with Crippen molar-refractivity contribution in [2.75, 3.05) is 0 Å². The molecule has 0 saturated carbocycles. The zero-order chi connectivity index (χ0) is 18.8. The molecule has 0 unspecified atom stereocenters. The van der Waals surface area contributed by atoms with Crippen LogP contribution in [-0.2, 0) is 5.75 Å². The van der Waals surface area contributed by atoms with Gasteiger partial charge in [0.1, 0.15) is 5.82 Å². The van der Waals surface area contributed by atoms with Gasteiger partial charge in [-0.05, 0) is 59.8 Å². The maximum atomic E-state index is 13.1. The van der Waals surface area contributed by atoms with Gasteiger partial charge in [-0.2, -0.15) is 4.68 Å².